The summed E-state index contributed by atoms with van der Waals surface area (Å²) < 4.78 is 0. The van der Waals surface area contributed by atoms with Crippen LogP contribution in [-0.2, 0) is 4.79 Å². The number of amides is 1. The molecule has 0 aliphatic heterocycles. The topological polar surface area (TPSA) is 95.1 Å². The average molecular weight is 171 g/mol. The highest BCUT2D eigenvalue weighted by Crippen LogP contribution is 2.27. The van der Waals surface area contributed by atoms with Gasteiger partial charge in [0.15, 0.2) is 0 Å². The molecule has 0 bridgehead atoms. The number of primary amides is 1. The Morgan fingerprint density at radius 3 is 2.67 bits per heavy atom. The fourth-order valence-electron chi connectivity index (χ4n) is 1.84. The molecule has 0 heterocycles. The van der Waals surface area contributed by atoms with Crippen molar-refractivity contribution in [3.8, 4) is 0 Å². The van der Waals surface area contributed by atoms with Gasteiger partial charge >= 0.3 is 0 Å². The molecule has 0 aromatic heterocycles. The fraction of sp³-hybridized carbons (Fsp3) is 0.875. The summed E-state index contributed by atoms with van der Waals surface area (Å²) >= 11 is 0. The summed E-state index contributed by atoms with van der Waals surface area (Å²) in [5, 5.41) is 0. The minimum atomic E-state index is -0.538. The molecule has 2 atom stereocenters. The molecule has 1 aliphatic carbocycles. The van der Waals surface area contributed by atoms with Crippen molar-refractivity contribution in [2.45, 2.75) is 43.7 Å². The van der Waals surface area contributed by atoms with Crippen LogP contribution >= 0.6 is 0 Å². The smallest absolute Gasteiger partial charge is 0.219 e. The van der Waals surface area contributed by atoms with Gasteiger partial charge in [-0.05, 0) is 12.8 Å². The summed E-state index contributed by atoms with van der Waals surface area (Å²) in [5.41, 5.74) is 16.4. The molecule has 1 amide bonds. The quantitative estimate of drug-likeness (QED) is 0.520. The first-order chi connectivity index (χ1) is 5.54. The number of carbonyl (C=O) groups is 1. The zero-order valence-corrected chi connectivity index (χ0v) is 7.25. The van der Waals surface area contributed by atoms with Gasteiger partial charge < -0.3 is 17.2 Å². The molecule has 12 heavy (non-hydrogen) atoms. The third kappa shape index (κ3) is 1.95. The van der Waals surface area contributed by atoms with E-state index in [0.29, 0.717) is 0 Å². The van der Waals surface area contributed by atoms with Crippen LogP contribution in [0.4, 0.5) is 0 Å². The van der Waals surface area contributed by atoms with Gasteiger partial charge in [0.25, 0.3) is 0 Å². The van der Waals surface area contributed by atoms with Gasteiger partial charge in [-0.25, -0.2) is 0 Å². The summed E-state index contributed by atoms with van der Waals surface area (Å²) in [7, 11) is 0. The number of rotatable bonds is 2. The Morgan fingerprint density at radius 1 is 1.50 bits per heavy atom. The van der Waals surface area contributed by atoms with E-state index in [4.69, 9.17) is 17.2 Å². The van der Waals surface area contributed by atoms with E-state index in [9.17, 15) is 4.79 Å². The van der Waals surface area contributed by atoms with E-state index in [2.05, 4.69) is 0 Å². The van der Waals surface area contributed by atoms with Crippen molar-refractivity contribution in [1.29, 1.82) is 0 Å². The lowest BCUT2D eigenvalue weighted by molar-refractivity contribution is -0.119. The molecule has 1 rings (SSSR count). The molecule has 70 valence electrons. The molecule has 4 nitrogen and oxygen atoms in total. The highest BCUT2D eigenvalue weighted by Gasteiger charge is 2.35. The van der Waals surface area contributed by atoms with Crippen molar-refractivity contribution in [1.82, 2.24) is 0 Å². The summed E-state index contributed by atoms with van der Waals surface area (Å²) in [6.45, 7) is 0. The second-order valence-corrected chi connectivity index (χ2v) is 3.73. The highest BCUT2D eigenvalue weighted by atomic mass is 16.1. The van der Waals surface area contributed by atoms with E-state index in [-0.39, 0.29) is 18.4 Å². The summed E-state index contributed by atoms with van der Waals surface area (Å²) in [5.74, 6) is -0.352. The maximum absolute atomic E-state index is 10.7. The second-order valence-electron chi connectivity index (χ2n) is 3.73. The van der Waals surface area contributed by atoms with Crippen molar-refractivity contribution >= 4 is 5.91 Å². The molecule has 1 saturated carbocycles. The van der Waals surface area contributed by atoms with Gasteiger partial charge in [-0.2, -0.15) is 0 Å². The minimum Gasteiger partial charge on any atom is -0.370 e. The number of hydrogen-bond acceptors (Lipinski definition) is 3. The van der Waals surface area contributed by atoms with Crippen LogP contribution in [0.5, 0.6) is 0 Å². The van der Waals surface area contributed by atoms with E-state index in [1.165, 1.54) is 0 Å². The van der Waals surface area contributed by atoms with Crippen LogP contribution in [0.3, 0.4) is 0 Å². The molecule has 0 spiro atoms. The Bertz CT molecular complexity index is 183. The van der Waals surface area contributed by atoms with Crippen LogP contribution in [0.25, 0.3) is 0 Å². The number of hydrogen-bond donors (Lipinski definition) is 3. The zero-order chi connectivity index (χ0) is 9.19. The van der Waals surface area contributed by atoms with E-state index in [1.54, 1.807) is 0 Å². The SMILES string of the molecule is NC(=O)CC1(N)CCCCC1N. The maximum atomic E-state index is 10.7. The highest BCUT2D eigenvalue weighted by molar-refractivity contribution is 5.75. The molecule has 1 fully saturated rings. The summed E-state index contributed by atoms with van der Waals surface area (Å²) in [6.07, 6.45) is 4.10. The number of carbonyl (C=O) groups excluding carboxylic acids is 1. The lowest BCUT2D eigenvalue weighted by atomic mass is 9.76. The van der Waals surface area contributed by atoms with Crippen molar-refractivity contribution in [3.63, 3.8) is 0 Å². The standard InChI is InChI=1S/C8H17N3O/c9-6-3-1-2-4-8(6,11)5-7(10)12/h6H,1-5,9,11H2,(H2,10,12). The van der Waals surface area contributed by atoms with Gasteiger partial charge in [-0.3, -0.25) is 4.79 Å². The Balaban J connectivity index is 2.59. The predicted molar refractivity (Wildman–Crippen MR) is 47.2 cm³/mol. The van der Waals surface area contributed by atoms with Gasteiger partial charge in [0.05, 0.1) is 0 Å². The molecule has 6 N–H and O–H groups in total. The predicted octanol–water partition coefficient (Wildman–Crippen LogP) is -0.539. The Kier molecular flexibility index (Phi) is 2.69. The minimum absolute atomic E-state index is 0.0706. The van der Waals surface area contributed by atoms with Crippen molar-refractivity contribution in [2.24, 2.45) is 17.2 Å². The molecular formula is C8H17N3O. The first-order valence-electron chi connectivity index (χ1n) is 4.37. The molecule has 0 aromatic rings. The maximum Gasteiger partial charge on any atom is 0.219 e. The molecule has 1 aliphatic rings. The lowest BCUT2D eigenvalue weighted by Crippen LogP contribution is -2.58. The second kappa shape index (κ2) is 3.41. The molecule has 2 unspecified atom stereocenters. The van der Waals surface area contributed by atoms with Crippen LogP contribution < -0.4 is 17.2 Å². The molecule has 0 radical (unpaired) electrons. The zero-order valence-electron chi connectivity index (χ0n) is 7.25. The van der Waals surface area contributed by atoms with Gasteiger partial charge in [0.1, 0.15) is 0 Å². The molecule has 0 saturated heterocycles. The monoisotopic (exact) mass is 171 g/mol. The molecular weight excluding hydrogens is 154 g/mol. The average Bonchev–Trinajstić information content (AvgIpc) is 1.94. The van der Waals surface area contributed by atoms with Crippen LogP contribution in [-0.4, -0.2) is 17.5 Å². The lowest BCUT2D eigenvalue weighted by Gasteiger charge is -2.38. The van der Waals surface area contributed by atoms with Crippen molar-refractivity contribution < 1.29 is 4.79 Å². The molecule has 0 aromatic carbocycles. The third-order valence-corrected chi connectivity index (χ3v) is 2.65. The Morgan fingerprint density at radius 2 is 2.17 bits per heavy atom. The summed E-state index contributed by atoms with van der Waals surface area (Å²) in [4.78, 5) is 10.7. The largest absolute Gasteiger partial charge is 0.370 e. The van der Waals surface area contributed by atoms with Crippen molar-refractivity contribution in [2.75, 3.05) is 0 Å². The van der Waals surface area contributed by atoms with E-state index in [0.717, 1.165) is 25.7 Å². The summed E-state index contributed by atoms with van der Waals surface area (Å²) in [6, 6.07) is -0.0706. The number of nitrogens with two attached hydrogens (primary N) is 3. The Hall–Kier alpha value is -0.610. The first kappa shape index (κ1) is 9.48. The van der Waals surface area contributed by atoms with E-state index in [1.807, 2.05) is 0 Å². The van der Waals surface area contributed by atoms with Gasteiger partial charge in [0, 0.05) is 18.0 Å². The van der Waals surface area contributed by atoms with Gasteiger partial charge in [0.2, 0.25) is 5.91 Å². The van der Waals surface area contributed by atoms with E-state index >= 15 is 0 Å². The normalized spacial score (nSPS) is 36.3. The van der Waals surface area contributed by atoms with Crippen LogP contribution in [0.1, 0.15) is 32.1 Å². The van der Waals surface area contributed by atoms with Gasteiger partial charge in [-0.15, -0.1) is 0 Å². The fourth-order valence-corrected chi connectivity index (χ4v) is 1.84. The van der Waals surface area contributed by atoms with Crippen LogP contribution in [0.15, 0.2) is 0 Å². The Labute approximate surface area is 72.5 Å². The van der Waals surface area contributed by atoms with E-state index < -0.39 is 5.54 Å². The van der Waals surface area contributed by atoms with Gasteiger partial charge in [-0.1, -0.05) is 12.8 Å². The third-order valence-electron chi connectivity index (χ3n) is 2.65. The van der Waals surface area contributed by atoms with Crippen LogP contribution in [0, 0.1) is 0 Å². The molecule has 4 heteroatoms. The first-order valence-corrected chi connectivity index (χ1v) is 4.37. The van der Waals surface area contributed by atoms with Crippen molar-refractivity contribution in [3.05, 3.63) is 0 Å². The van der Waals surface area contributed by atoms with Crippen LogP contribution in [0.2, 0.25) is 0 Å².